The van der Waals surface area contributed by atoms with Gasteiger partial charge in [0, 0.05) is 22.2 Å². The second kappa shape index (κ2) is 9.41. The van der Waals surface area contributed by atoms with E-state index in [4.69, 9.17) is 23.2 Å². The van der Waals surface area contributed by atoms with Crippen LogP contribution in [0.2, 0.25) is 10.0 Å². The number of hydrogen-bond donors (Lipinski definition) is 0. The summed E-state index contributed by atoms with van der Waals surface area (Å²) in [6.07, 6.45) is 0. The fraction of sp³-hybridized carbons (Fsp3) is 0.120. The summed E-state index contributed by atoms with van der Waals surface area (Å²) in [7, 11) is 0. The molecule has 0 unspecified atom stereocenters. The molecule has 0 aromatic heterocycles. The smallest absolute Gasteiger partial charge is 0.283 e. The highest BCUT2D eigenvalue weighted by Crippen LogP contribution is 2.42. The van der Waals surface area contributed by atoms with E-state index < -0.39 is 11.8 Å². The van der Waals surface area contributed by atoms with Crippen molar-refractivity contribution in [3.05, 3.63) is 99.0 Å². The fourth-order valence-corrected chi connectivity index (χ4v) is 4.86. The van der Waals surface area contributed by atoms with Gasteiger partial charge in [-0.1, -0.05) is 70.9 Å². The molecule has 0 bridgehead atoms. The van der Waals surface area contributed by atoms with Crippen molar-refractivity contribution in [1.29, 1.82) is 0 Å². The van der Waals surface area contributed by atoms with Crippen LogP contribution in [0.1, 0.15) is 12.5 Å². The second-order valence-electron chi connectivity index (χ2n) is 7.21. The van der Waals surface area contributed by atoms with Gasteiger partial charge in [0.15, 0.2) is 0 Å². The number of para-hydroxylation sites is 1. The van der Waals surface area contributed by atoms with Crippen molar-refractivity contribution in [3.63, 3.8) is 0 Å². The highest BCUT2D eigenvalue weighted by atomic mass is 35.5. The van der Waals surface area contributed by atoms with E-state index >= 15 is 0 Å². The molecule has 7 heteroatoms. The Morgan fingerprint density at radius 2 is 1.59 bits per heavy atom. The molecule has 0 saturated carbocycles. The number of imide groups is 1. The molecule has 162 valence electrons. The zero-order valence-electron chi connectivity index (χ0n) is 17.5. The fourth-order valence-electron chi connectivity index (χ4n) is 3.51. The predicted octanol–water partition coefficient (Wildman–Crippen LogP) is 6.71. The molecule has 32 heavy (non-hydrogen) atoms. The summed E-state index contributed by atoms with van der Waals surface area (Å²) < 4.78 is 0. The summed E-state index contributed by atoms with van der Waals surface area (Å²) in [6.45, 7) is 4.45. The van der Waals surface area contributed by atoms with Crippen LogP contribution < -0.4 is 9.80 Å². The summed E-state index contributed by atoms with van der Waals surface area (Å²) in [5.41, 5.74) is 2.54. The average molecular weight is 483 g/mol. The number of amides is 2. The van der Waals surface area contributed by atoms with Crippen LogP contribution in [-0.4, -0.2) is 18.4 Å². The molecule has 1 aliphatic rings. The Morgan fingerprint density at radius 1 is 0.906 bits per heavy atom. The largest absolute Gasteiger partial charge is 0.336 e. The number of carbonyl (C=O) groups is 2. The van der Waals surface area contributed by atoms with Gasteiger partial charge in [-0.2, -0.15) is 0 Å². The van der Waals surface area contributed by atoms with Gasteiger partial charge in [-0.15, -0.1) is 0 Å². The number of hydrogen-bond acceptors (Lipinski definition) is 4. The molecule has 0 atom stereocenters. The first-order valence-electron chi connectivity index (χ1n) is 10.1. The number of thioether (sulfide) groups is 1. The Hall–Kier alpha value is -2.73. The Balaban J connectivity index is 1.85. The Labute approximate surface area is 201 Å². The zero-order valence-corrected chi connectivity index (χ0v) is 19.8. The minimum Gasteiger partial charge on any atom is -0.336 e. The van der Waals surface area contributed by atoms with Gasteiger partial charge in [-0.05, 0) is 56.3 Å². The van der Waals surface area contributed by atoms with E-state index in [-0.39, 0.29) is 10.7 Å². The molecule has 2 amide bonds. The van der Waals surface area contributed by atoms with Crippen LogP contribution in [0, 0.1) is 6.92 Å². The van der Waals surface area contributed by atoms with E-state index in [2.05, 4.69) is 0 Å². The topological polar surface area (TPSA) is 40.6 Å². The van der Waals surface area contributed by atoms with E-state index in [1.165, 1.54) is 17.8 Å². The molecule has 1 aliphatic heterocycles. The van der Waals surface area contributed by atoms with Crippen LogP contribution in [0.15, 0.2) is 88.3 Å². The third kappa shape index (κ3) is 4.29. The highest BCUT2D eigenvalue weighted by Gasteiger charge is 2.43. The van der Waals surface area contributed by atoms with Gasteiger partial charge in [0.05, 0.1) is 10.7 Å². The number of anilines is 2. The number of rotatable bonds is 6. The van der Waals surface area contributed by atoms with E-state index in [9.17, 15) is 9.59 Å². The van der Waals surface area contributed by atoms with Crippen molar-refractivity contribution in [2.45, 2.75) is 18.7 Å². The molecular weight excluding hydrogens is 463 g/mol. The maximum absolute atomic E-state index is 13.7. The number of nitrogens with zero attached hydrogens (tertiary/aromatic N) is 2. The van der Waals surface area contributed by atoms with Crippen LogP contribution in [-0.2, 0) is 9.59 Å². The van der Waals surface area contributed by atoms with Gasteiger partial charge < -0.3 is 4.90 Å². The minimum atomic E-state index is -0.431. The van der Waals surface area contributed by atoms with Gasteiger partial charge in [-0.3, -0.25) is 9.59 Å². The highest BCUT2D eigenvalue weighted by molar-refractivity contribution is 8.04. The summed E-state index contributed by atoms with van der Waals surface area (Å²) in [5.74, 6) is -0.853. The maximum Gasteiger partial charge on any atom is 0.283 e. The molecule has 3 aromatic carbocycles. The number of aryl methyl sites for hydroxylation is 1. The normalized spacial score (nSPS) is 13.8. The van der Waals surface area contributed by atoms with E-state index in [1.54, 1.807) is 12.1 Å². The standard InChI is InChI=1S/C25H20Cl2N2O2S/c1-3-28(18-7-5-4-6-8-18)22-23(32-19-12-9-16(2)10-13-19)25(31)29(24(22)30)21-15-17(26)11-14-20(21)27/h4-15H,3H2,1-2H3. The molecule has 3 aromatic rings. The second-order valence-corrected chi connectivity index (χ2v) is 9.14. The van der Waals surface area contributed by atoms with Crippen molar-refractivity contribution in [2.75, 3.05) is 16.3 Å². The molecule has 0 saturated heterocycles. The van der Waals surface area contributed by atoms with Gasteiger partial charge in [0.25, 0.3) is 11.8 Å². The maximum atomic E-state index is 13.7. The van der Waals surface area contributed by atoms with Crippen molar-refractivity contribution in [2.24, 2.45) is 0 Å². The Bertz CT molecular complexity index is 1210. The predicted molar refractivity (Wildman–Crippen MR) is 132 cm³/mol. The molecule has 1 heterocycles. The lowest BCUT2D eigenvalue weighted by atomic mass is 10.2. The average Bonchev–Trinajstić information content (AvgIpc) is 3.03. The Kier molecular flexibility index (Phi) is 6.60. The first kappa shape index (κ1) is 22.5. The number of halogens is 2. The van der Waals surface area contributed by atoms with Crippen molar-refractivity contribution in [1.82, 2.24) is 0 Å². The van der Waals surface area contributed by atoms with Gasteiger partial charge in [0.2, 0.25) is 0 Å². The molecule has 4 rings (SSSR count). The van der Waals surface area contributed by atoms with Gasteiger partial charge >= 0.3 is 0 Å². The summed E-state index contributed by atoms with van der Waals surface area (Å²) in [4.78, 5) is 31.5. The first-order valence-corrected chi connectivity index (χ1v) is 11.6. The van der Waals surface area contributed by atoms with Gasteiger partial charge in [0.1, 0.15) is 10.6 Å². The third-order valence-corrected chi connectivity index (χ3v) is 6.70. The Morgan fingerprint density at radius 3 is 2.25 bits per heavy atom. The van der Waals surface area contributed by atoms with Crippen molar-refractivity contribution >= 4 is 58.2 Å². The van der Waals surface area contributed by atoms with Crippen LogP contribution >= 0.6 is 35.0 Å². The van der Waals surface area contributed by atoms with Crippen LogP contribution in [0.5, 0.6) is 0 Å². The van der Waals surface area contributed by atoms with Crippen molar-refractivity contribution < 1.29 is 9.59 Å². The lowest BCUT2D eigenvalue weighted by Crippen LogP contribution is -2.35. The number of likely N-dealkylation sites (N-methyl/N-ethyl adjacent to an activating group) is 1. The van der Waals surface area contributed by atoms with Crippen LogP contribution in [0.3, 0.4) is 0 Å². The molecule has 0 N–H and O–H groups in total. The molecule has 0 spiro atoms. The molecule has 0 aliphatic carbocycles. The van der Waals surface area contributed by atoms with Gasteiger partial charge in [-0.25, -0.2) is 4.90 Å². The SMILES string of the molecule is CCN(C1=C(Sc2ccc(C)cc2)C(=O)N(c2cc(Cl)ccc2Cl)C1=O)c1ccccc1. The van der Waals surface area contributed by atoms with Crippen LogP contribution in [0.4, 0.5) is 11.4 Å². The van der Waals surface area contributed by atoms with E-state index in [0.29, 0.717) is 22.2 Å². The number of carbonyl (C=O) groups excluding carboxylic acids is 2. The summed E-state index contributed by atoms with van der Waals surface area (Å²) in [5, 5.41) is 0.668. The monoisotopic (exact) mass is 482 g/mol. The van der Waals surface area contributed by atoms with E-state index in [0.717, 1.165) is 21.0 Å². The molecule has 0 fully saturated rings. The summed E-state index contributed by atoms with van der Waals surface area (Å²) >= 11 is 13.8. The molecular formula is C25H20Cl2N2O2S. The lowest BCUT2D eigenvalue weighted by molar-refractivity contribution is -0.120. The third-order valence-electron chi connectivity index (χ3n) is 5.06. The molecule has 4 nitrogen and oxygen atoms in total. The zero-order chi connectivity index (χ0) is 22.8. The minimum absolute atomic E-state index is 0.273. The molecule has 0 radical (unpaired) electrons. The summed E-state index contributed by atoms with van der Waals surface area (Å²) in [6, 6.07) is 22.1. The van der Waals surface area contributed by atoms with E-state index in [1.807, 2.05) is 73.3 Å². The lowest BCUT2D eigenvalue weighted by Gasteiger charge is -2.25. The quantitative estimate of drug-likeness (QED) is 0.366. The number of benzene rings is 3. The van der Waals surface area contributed by atoms with Crippen molar-refractivity contribution in [3.8, 4) is 0 Å². The van der Waals surface area contributed by atoms with Crippen LogP contribution in [0.25, 0.3) is 0 Å². The first-order chi connectivity index (χ1) is 15.4.